The molecule has 1 atom stereocenters. The third-order valence-corrected chi connectivity index (χ3v) is 4.27. The minimum atomic E-state index is 0.201. The fourth-order valence-electron chi connectivity index (χ4n) is 2.03. The van der Waals surface area contributed by atoms with E-state index < -0.39 is 0 Å². The Labute approximate surface area is 139 Å². The van der Waals surface area contributed by atoms with E-state index in [9.17, 15) is 0 Å². The normalized spacial score (nSPS) is 12.4. The lowest BCUT2D eigenvalue weighted by Gasteiger charge is -2.19. The van der Waals surface area contributed by atoms with Crippen LogP contribution in [0.15, 0.2) is 55.9 Å². The van der Waals surface area contributed by atoms with Crippen molar-refractivity contribution < 1.29 is 0 Å². The molecule has 0 aliphatic carbocycles. The van der Waals surface area contributed by atoms with E-state index in [2.05, 4.69) is 96.4 Å². The highest BCUT2D eigenvalue weighted by Crippen LogP contribution is 2.28. The first-order valence-corrected chi connectivity index (χ1v) is 8.43. The van der Waals surface area contributed by atoms with E-state index in [1.54, 1.807) is 0 Å². The van der Waals surface area contributed by atoms with E-state index in [-0.39, 0.29) is 6.04 Å². The molecule has 1 N–H and O–H groups in total. The molecule has 4 heteroatoms. The number of rotatable bonds is 4. The first-order chi connectivity index (χ1) is 9.10. The molecule has 2 rings (SSSR count). The van der Waals surface area contributed by atoms with Gasteiger partial charge in [0.2, 0.25) is 0 Å². The third-order valence-electron chi connectivity index (χ3n) is 2.83. The Morgan fingerprint density at radius 2 is 1.42 bits per heavy atom. The maximum Gasteiger partial charge on any atom is 0.0577 e. The molecule has 0 saturated heterocycles. The summed E-state index contributed by atoms with van der Waals surface area (Å²) < 4.78 is 3.26. The third kappa shape index (κ3) is 4.15. The highest BCUT2D eigenvalue weighted by molar-refractivity contribution is 9.11. The lowest BCUT2D eigenvalue weighted by molar-refractivity contribution is 0.630. The summed E-state index contributed by atoms with van der Waals surface area (Å²) in [5.74, 6) is 0. The standard InChI is InChI=1S/C15H14Br3N/c1-2-19-15(10-3-5-12(16)6-4-10)11-7-13(17)9-14(18)8-11/h3-9,15,19H,2H2,1H3. The summed E-state index contributed by atoms with van der Waals surface area (Å²) in [5, 5.41) is 3.53. The summed E-state index contributed by atoms with van der Waals surface area (Å²) in [5.41, 5.74) is 2.50. The van der Waals surface area contributed by atoms with Crippen molar-refractivity contribution in [1.82, 2.24) is 5.32 Å². The monoisotopic (exact) mass is 445 g/mol. The maximum absolute atomic E-state index is 3.55. The molecule has 0 amide bonds. The van der Waals surface area contributed by atoms with Gasteiger partial charge in [0, 0.05) is 13.4 Å². The van der Waals surface area contributed by atoms with Gasteiger partial charge in [0.1, 0.15) is 0 Å². The maximum atomic E-state index is 3.55. The van der Waals surface area contributed by atoms with Gasteiger partial charge in [-0.25, -0.2) is 0 Å². The molecule has 2 aromatic carbocycles. The Morgan fingerprint density at radius 3 is 1.95 bits per heavy atom. The summed E-state index contributed by atoms with van der Waals surface area (Å²) in [4.78, 5) is 0. The van der Waals surface area contributed by atoms with E-state index in [1.807, 2.05) is 6.07 Å². The lowest BCUT2D eigenvalue weighted by atomic mass is 9.99. The molecular weight excluding hydrogens is 434 g/mol. The second kappa shape index (κ2) is 7.02. The number of hydrogen-bond acceptors (Lipinski definition) is 1. The van der Waals surface area contributed by atoms with Gasteiger partial charge >= 0.3 is 0 Å². The van der Waals surface area contributed by atoms with Crippen LogP contribution in [0.25, 0.3) is 0 Å². The number of benzene rings is 2. The molecule has 19 heavy (non-hydrogen) atoms. The van der Waals surface area contributed by atoms with Crippen molar-refractivity contribution in [3.8, 4) is 0 Å². The topological polar surface area (TPSA) is 12.0 Å². The number of hydrogen-bond donors (Lipinski definition) is 1. The minimum Gasteiger partial charge on any atom is -0.307 e. The Morgan fingerprint density at radius 1 is 0.842 bits per heavy atom. The van der Waals surface area contributed by atoms with Crippen LogP contribution in [0.1, 0.15) is 24.1 Å². The van der Waals surface area contributed by atoms with E-state index in [0.29, 0.717) is 0 Å². The van der Waals surface area contributed by atoms with Gasteiger partial charge in [-0.2, -0.15) is 0 Å². The van der Waals surface area contributed by atoms with Crippen molar-refractivity contribution in [3.63, 3.8) is 0 Å². The van der Waals surface area contributed by atoms with E-state index >= 15 is 0 Å². The Bertz CT molecular complexity index is 532. The van der Waals surface area contributed by atoms with E-state index in [1.165, 1.54) is 11.1 Å². The molecular formula is C15H14Br3N. The Hall–Kier alpha value is -0.160. The average molecular weight is 448 g/mol. The highest BCUT2D eigenvalue weighted by Gasteiger charge is 2.13. The quantitative estimate of drug-likeness (QED) is 0.636. The van der Waals surface area contributed by atoms with Gasteiger partial charge in [-0.3, -0.25) is 0 Å². The van der Waals surface area contributed by atoms with Crippen molar-refractivity contribution in [2.75, 3.05) is 6.54 Å². The van der Waals surface area contributed by atoms with Gasteiger partial charge in [0.15, 0.2) is 0 Å². The fraction of sp³-hybridized carbons (Fsp3) is 0.200. The molecule has 0 spiro atoms. The molecule has 0 aliphatic rings. The minimum absolute atomic E-state index is 0.201. The first-order valence-electron chi connectivity index (χ1n) is 6.05. The lowest BCUT2D eigenvalue weighted by Crippen LogP contribution is -2.22. The Balaban J connectivity index is 2.41. The second-order valence-corrected chi connectivity index (χ2v) is 6.99. The highest BCUT2D eigenvalue weighted by atomic mass is 79.9. The summed E-state index contributed by atoms with van der Waals surface area (Å²) in [6, 6.07) is 15.0. The van der Waals surface area contributed by atoms with Crippen LogP contribution in [-0.2, 0) is 0 Å². The molecule has 1 nitrogen and oxygen atoms in total. The molecule has 0 aromatic heterocycles. The van der Waals surface area contributed by atoms with Crippen LogP contribution in [-0.4, -0.2) is 6.54 Å². The fourth-order valence-corrected chi connectivity index (χ4v) is 3.62. The van der Waals surface area contributed by atoms with Crippen molar-refractivity contribution in [2.45, 2.75) is 13.0 Å². The van der Waals surface area contributed by atoms with Gasteiger partial charge in [-0.1, -0.05) is 66.8 Å². The number of halogens is 3. The SMILES string of the molecule is CCNC(c1ccc(Br)cc1)c1cc(Br)cc(Br)c1. The molecule has 0 fully saturated rings. The molecule has 0 bridgehead atoms. The van der Waals surface area contributed by atoms with Crippen molar-refractivity contribution in [3.05, 3.63) is 67.0 Å². The second-order valence-electron chi connectivity index (χ2n) is 4.25. The van der Waals surface area contributed by atoms with E-state index in [4.69, 9.17) is 0 Å². The summed E-state index contributed by atoms with van der Waals surface area (Å²) in [6.07, 6.45) is 0. The Kier molecular flexibility index (Phi) is 5.63. The average Bonchev–Trinajstić information content (AvgIpc) is 2.36. The van der Waals surface area contributed by atoms with Crippen molar-refractivity contribution in [2.24, 2.45) is 0 Å². The van der Waals surface area contributed by atoms with Crippen LogP contribution in [0.3, 0.4) is 0 Å². The molecule has 2 aromatic rings. The van der Waals surface area contributed by atoms with Gasteiger partial charge < -0.3 is 5.32 Å². The zero-order valence-corrected chi connectivity index (χ0v) is 15.2. The zero-order chi connectivity index (χ0) is 13.8. The molecule has 0 heterocycles. The van der Waals surface area contributed by atoms with Gasteiger partial charge in [-0.05, 0) is 48.0 Å². The summed E-state index contributed by atoms with van der Waals surface area (Å²) in [6.45, 7) is 3.05. The first kappa shape index (κ1) is 15.2. The van der Waals surface area contributed by atoms with Gasteiger partial charge in [-0.15, -0.1) is 0 Å². The molecule has 0 aliphatic heterocycles. The van der Waals surface area contributed by atoms with Crippen LogP contribution >= 0.6 is 47.8 Å². The zero-order valence-electron chi connectivity index (χ0n) is 10.5. The summed E-state index contributed by atoms with van der Waals surface area (Å²) >= 11 is 10.6. The van der Waals surface area contributed by atoms with Crippen LogP contribution in [0.4, 0.5) is 0 Å². The van der Waals surface area contributed by atoms with Crippen molar-refractivity contribution >= 4 is 47.8 Å². The van der Waals surface area contributed by atoms with Gasteiger partial charge in [0.25, 0.3) is 0 Å². The predicted molar refractivity (Wildman–Crippen MR) is 91.5 cm³/mol. The molecule has 100 valence electrons. The van der Waals surface area contributed by atoms with Crippen LogP contribution in [0.5, 0.6) is 0 Å². The molecule has 1 unspecified atom stereocenters. The largest absolute Gasteiger partial charge is 0.307 e. The van der Waals surface area contributed by atoms with Crippen LogP contribution in [0.2, 0.25) is 0 Å². The molecule has 0 saturated carbocycles. The predicted octanol–water partition coefficient (Wildman–Crippen LogP) is 5.67. The van der Waals surface area contributed by atoms with Gasteiger partial charge in [0.05, 0.1) is 6.04 Å². The van der Waals surface area contributed by atoms with Crippen LogP contribution < -0.4 is 5.32 Å². The van der Waals surface area contributed by atoms with Crippen LogP contribution in [0, 0.1) is 0 Å². The number of nitrogens with one attached hydrogen (secondary N) is 1. The smallest absolute Gasteiger partial charge is 0.0577 e. The molecule has 0 radical (unpaired) electrons. The van der Waals surface area contributed by atoms with E-state index in [0.717, 1.165) is 20.0 Å². The van der Waals surface area contributed by atoms with Crippen molar-refractivity contribution in [1.29, 1.82) is 0 Å². The summed E-state index contributed by atoms with van der Waals surface area (Å²) in [7, 11) is 0.